The number of thiazole rings is 1. The van der Waals surface area contributed by atoms with Gasteiger partial charge in [0.05, 0.1) is 10.5 Å². The first kappa shape index (κ1) is 21.2. The van der Waals surface area contributed by atoms with Crippen molar-refractivity contribution in [1.29, 1.82) is 5.26 Å². The largest absolute Gasteiger partial charge is 0.326 e. The van der Waals surface area contributed by atoms with Gasteiger partial charge in [-0.25, -0.2) is 13.4 Å². The van der Waals surface area contributed by atoms with E-state index >= 15 is 0 Å². The molecule has 3 aromatic rings. The van der Waals surface area contributed by atoms with Crippen molar-refractivity contribution in [2.24, 2.45) is 5.92 Å². The molecular formula is C22H20N4O3S2. The molecule has 0 bridgehead atoms. The van der Waals surface area contributed by atoms with Gasteiger partial charge in [0.2, 0.25) is 15.9 Å². The summed E-state index contributed by atoms with van der Waals surface area (Å²) >= 11 is 1.55. The number of nitrogens with zero attached hydrogens (tertiary/aromatic N) is 3. The topological polar surface area (TPSA) is 103 Å². The van der Waals surface area contributed by atoms with Crippen molar-refractivity contribution in [2.75, 3.05) is 18.4 Å². The molecule has 0 atom stereocenters. The minimum absolute atomic E-state index is 0.0146. The van der Waals surface area contributed by atoms with Crippen molar-refractivity contribution in [3.8, 4) is 16.6 Å². The molecule has 1 aliphatic heterocycles. The molecule has 2 aromatic carbocycles. The van der Waals surface area contributed by atoms with Gasteiger partial charge < -0.3 is 5.32 Å². The minimum Gasteiger partial charge on any atom is -0.326 e. The number of carbonyl (C=O) groups excluding carboxylic acids is 1. The van der Waals surface area contributed by atoms with Crippen LogP contribution in [0.3, 0.4) is 0 Å². The highest BCUT2D eigenvalue weighted by Gasteiger charge is 2.33. The number of nitrogens with one attached hydrogen (secondary N) is 1. The molecule has 1 fully saturated rings. The molecule has 2 heterocycles. The predicted octanol–water partition coefficient (Wildman–Crippen LogP) is 3.72. The second kappa shape index (κ2) is 8.98. The highest BCUT2D eigenvalue weighted by Crippen LogP contribution is 2.27. The van der Waals surface area contributed by atoms with E-state index in [4.69, 9.17) is 0 Å². The van der Waals surface area contributed by atoms with E-state index in [1.54, 1.807) is 29.7 Å². The zero-order valence-corrected chi connectivity index (χ0v) is 18.2. The van der Waals surface area contributed by atoms with Gasteiger partial charge in [-0.1, -0.05) is 12.1 Å². The number of hydrogen-bond donors (Lipinski definition) is 1. The van der Waals surface area contributed by atoms with Gasteiger partial charge in [0.15, 0.2) is 0 Å². The first-order valence-corrected chi connectivity index (χ1v) is 12.1. The average molecular weight is 453 g/mol. The van der Waals surface area contributed by atoms with Crippen LogP contribution in [0.5, 0.6) is 0 Å². The molecule has 158 valence electrons. The summed E-state index contributed by atoms with van der Waals surface area (Å²) in [4.78, 5) is 17.0. The van der Waals surface area contributed by atoms with Crippen LogP contribution in [0.15, 0.2) is 65.0 Å². The monoisotopic (exact) mass is 452 g/mol. The molecule has 1 amide bonds. The van der Waals surface area contributed by atoms with Crippen LogP contribution in [-0.2, 0) is 14.8 Å². The van der Waals surface area contributed by atoms with Crippen molar-refractivity contribution >= 4 is 33.0 Å². The van der Waals surface area contributed by atoms with Gasteiger partial charge in [0.1, 0.15) is 11.1 Å². The Labute approximate surface area is 185 Å². The average Bonchev–Trinajstić information content (AvgIpc) is 3.34. The lowest BCUT2D eigenvalue weighted by molar-refractivity contribution is -0.120. The Hall–Kier alpha value is -3.06. The van der Waals surface area contributed by atoms with Crippen molar-refractivity contribution in [3.63, 3.8) is 0 Å². The molecule has 0 unspecified atom stereocenters. The smallest absolute Gasteiger partial charge is 0.244 e. The van der Waals surface area contributed by atoms with Crippen LogP contribution in [0.4, 0.5) is 5.69 Å². The number of amides is 1. The first-order valence-electron chi connectivity index (χ1n) is 9.79. The second-order valence-electron chi connectivity index (χ2n) is 7.19. The number of carbonyl (C=O) groups is 1. The lowest BCUT2D eigenvalue weighted by Crippen LogP contribution is -2.41. The molecule has 1 aromatic heterocycles. The molecule has 0 radical (unpaired) electrons. The summed E-state index contributed by atoms with van der Waals surface area (Å²) in [7, 11) is -3.76. The quantitative estimate of drug-likeness (QED) is 0.635. The number of piperidine rings is 1. The highest BCUT2D eigenvalue weighted by molar-refractivity contribution is 7.89. The zero-order chi connectivity index (χ0) is 21.8. The van der Waals surface area contributed by atoms with Crippen molar-refractivity contribution in [3.05, 3.63) is 65.7 Å². The highest BCUT2D eigenvalue weighted by atomic mass is 32.2. The fraction of sp³-hybridized carbons (Fsp3) is 0.227. The fourth-order valence-electron chi connectivity index (χ4n) is 3.59. The Morgan fingerprint density at radius 1 is 1.13 bits per heavy atom. The molecular weight excluding hydrogens is 432 g/mol. The van der Waals surface area contributed by atoms with Gasteiger partial charge in [0, 0.05) is 41.8 Å². The van der Waals surface area contributed by atoms with E-state index in [9.17, 15) is 18.5 Å². The third kappa shape index (κ3) is 4.51. The Morgan fingerprint density at radius 3 is 2.48 bits per heavy atom. The lowest BCUT2D eigenvalue weighted by Gasteiger charge is -2.30. The number of hydrogen-bond acceptors (Lipinski definition) is 6. The van der Waals surface area contributed by atoms with E-state index < -0.39 is 10.0 Å². The normalized spacial score (nSPS) is 15.3. The summed E-state index contributed by atoms with van der Waals surface area (Å²) in [6, 6.07) is 15.6. The maximum Gasteiger partial charge on any atom is 0.244 e. The standard InChI is InChI=1S/C22H20N4O3S2/c23-15-18-3-1-2-4-20(18)31(28,29)26-12-9-16(10-13-26)21(27)25-19-7-5-17(6-8-19)22-24-11-14-30-22/h1-8,11,14,16H,9-10,12-13H2,(H,25,27). The Kier molecular flexibility index (Phi) is 6.13. The molecule has 1 aliphatic rings. The Bertz CT molecular complexity index is 1210. The maximum atomic E-state index is 12.9. The molecule has 0 aliphatic carbocycles. The summed E-state index contributed by atoms with van der Waals surface area (Å²) in [6.45, 7) is 0.479. The van der Waals surface area contributed by atoms with Crippen LogP contribution >= 0.6 is 11.3 Å². The molecule has 9 heteroatoms. The van der Waals surface area contributed by atoms with Crippen LogP contribution in [0.2, 0.25) is 0 Å². The van der Waals surface area contributed by atoms with Gasteiger partial charge in [-0.3, -0.25) is 4.79 Å². The number of aromatic nitrogens is 1. The summed E-state index contributed by atoms with van der Waals surface area (Å²) < 4.78 is 27.2. The van der Waals surface area contributed by atoms with Crippen molar-refractivity contribution in [2.45, 2.75) is 17.7 Å². The Morgan fingerprint density at radius 2 is 1.84 bits per heavy atom. The lowest BCUT2D eigenvalue weighted by atomic mass is 9.97. The van der Waals surface area contributed by atoms with E-state index in [1.165, 1.54) is 16.4 Å². The molecule has 31 heavy (non-hydrogen) atoms. The van der Waals surface area contributed by atoms with Crippen LogP contribution in [-0.4, -0.2) is 36.7 Å². The summed E-state index contributed by atoms with van der Waals surface area (Å²) in [6.07, 6.45) is 2.61. The number of nitriles is 1. The Balaban J connectivity index is 1.37. The van der Waals surface area contributed by atoms with E-state index in [-0.39, 0.29) is 35.4 Å². The molecule has 4 rings (SSSR count). The fourth-order valence-corrected chi connectivity index (χ4v) is 5.84. The zero-order valence-electron chi connectivity index (χ0n) is 16.6. The van der Waals surface area contributed by atoms with Gasteiger partial charge >= 0.3 is 0 Å². The van der Waals surface area contributed by atoms with E-state index in [0.29, 0.717) is 18.5 Å². The number of benzene rings is 2. The molecule has 0 saturated carbocycles. The van der Waals surface area contributed by atoms with Crippen LogP contribution < -0.4 is 5.32 Å². The molecule has 7 nitrogen and oxygen atoms in total. The molecule has 0 spiro atoms. The SMILES string of the molecule is N#Cc1ccccc1S(=O)(=O)N1CCC(C(=O)Nc2ccc(-c3nccs3)cc2)CC1. The number of rotatable bonds is 5. The summed E-state index contributed by atoms with van der Waals surface area (Å²) in [5.74, 6) is -0.382. The number of sulfonamides is 1. The summed E-state index contributed by atoms with van der Waals surface area (Å²) in [5, 5.41) is 15.0. The van der Waals surface area contributed by atoms with Gasteiger partial charge in [-0.2, -0.15) is 9.57 Å². The van der Waals surface area contributed by atoms with E-state index in [0.717, 1.165) is 10.6 Å². The van der Waals surface area contributed by atoms with Gasteiger partial charge in [-0.05, 0) is 49.2 Å². The van der Waals surface area contributed by atoms with E-state index in [1.807, 2.05) is 35.7 Å². The van der Waals surface area contributed by atoms with Crippen molar-refractivity contribution < 1.29 is 13.2 Å². The van der Waals surface area contributed by atoms with Crippen LogP contribution in [0.25, 0.3) is 10.6 Å². The molecule has 1 N–H and O–H groups in total. The van der Waals surface area contributed by atoms with Gasteiger partial charge in [0.25, 0.3) is 0 Å². The molecule has 1 saturated heterocycles. The van der Waals surface area contributed by atoms with E-state index in [2.05, 4.69) is 10.3 Å². The van der Waals surface area contributed by atoms with Crippen LogP contribution in [0, 0.1) is 17.2 Å². The maximum absolute atomic E-state index is 12.9. The van der Waals surface area contributed by atoms with Crippen molar-refractivity contribution in [1.82, 2.24) is 9.29 Å². The first-order chi connectivity index (χ1) is 15.0. The third-order valence-corrected chi connectivity index (χ3v) is 8.06. The summed E-state index contributed by atoms with van der Waals surface area (Å²) in [5.41, 5.74) is 1.82. The number of anilines is 1. The van der Waals surface area contributed by atoms with Gasteiger partial charge in [-0.15, -0.1) is 11.3 Å². The van der Waals surface area contributed by atoms with Crippen LogP contribution in [0.1, 0.15) is 18.4 Å². The predicted molar refractivity (Wildman–Crippen MR) is 119 cm³/mol. The second-order valence-corrected chi connectivity index (χ2v) is 9.99. The minimum atomic E-state index is -3.76. The third-order valence-electron chi connectivity index (χ3n) is 5.28.